The Bertz CT molecular complexity index is 441. The molecule has 0 amide bonds. The molecular weight excluding hydrogens is 258 g/mol. The molecule has 0 radical (unpaired) electrons. The number of ether oxygens (including phenoxy) is 1. The molecule has 0 atom stereocenters. The number of morpholine rings is 1. The molecule has 0 aromatic heterocycles. The molecule has 0 bridgehead atoms. The van der Waals surface area contributed by atoms with Gasteiger partial charge >= 0.3 is 0 Å². The summed E-state index contributed by atoms with van der Waals surface area (Å²) in [6, 6.07) is 7.18. The minimum atomic E-state index is 0.195. The largest absolute Gasteiger partial charge is 0.379 e. The average Bonchev–Trinajstić information content (AvgIpc) is 2.37. The molecule has 2 heteroatoms. The Morgan fingerprint density at radius 3 is 1.76 bits per heavy atom. The molecule has 2 rings (SSSR count). The maximum Gasteiger partial charge on any atom is 0.0594 e. The third-order valence-corrected chi connectivity index (χ3v) is 4.23. The second-order valence-electron chi connectivity index (χ2n) is 8.31. The van der Waals surface area contributed by atoms with Gasteiger partial charge in [0.2, 0.25) is 0 Å². The number of hydrogen-bond donors (Lipinski definition) is 0. The number of nitrogens with zero attached hydrogens (tertiary/aromatic N) is 1. The Morgan fingerprint density at radius 2 is 1.33 bits per heavy atom. The molecular formula is C19H31NO. The van der Waals surface area contributed by atoms with Gasteiger partial charge in [-0.1, -0.05) is 59.7 Å². The Kier molecular flexibility index (Phi) is 4.79. The van der Waals surface area contributed by atoms with Crippen LogP contribution < -0.4 is 0 Å². The van der Waals surface area contributed by atoms with Crippen LogP contribution in [0.2, 0.25) is 0 Å². The fraction of sp³-hybridized carbons (Fsp3) is 0.684. The van der Waals surface area contributed by atoms with E-state index >= 15 is 0 Å². The first-order chi connectivity index (χ1) is 9.66. The molecule has 0 unspecified atom stereocenters. The van der Waals surface area contributed by atoms with Crippen molar-refractivity contribution in [1.29, 1.82) is 0 Å². The summed E-state index contributed by atoms with van der Waals surface area (Å²) < 4.78 is 5.45. The van der Waals surface area contributed by atoms with Crippen molar-refractivity contribution in [2.24, 2.45) is 0 Å². The van der Waals surface area contributed by atoms with Crippen molar-refractivity contribution in [2.45, 2.75) is 58.9 Å². The van der Waals surface area contributed by atoms with E-state index < -0.39 is 0 Å². The zero-order valence-electron chi connectivity index (χ0n) is 14.6. The minimum Gasteiger partial charge on any atom is -0.379 e. The van der Waals surface area contributed by atoms with E-state index in [9.17, 15) is 0 Å². The van der Waals surface area contributed by atoms with Gasteiger partial charge in [0, 0.05) is 19.6 Å². The van der Waals surface area contributed by atoms with Crippen molar-refractivity contribution in [3.05, 3.63) is 34.9 Å². The summed E-state index contributed by atoms with van der Waals surface area (Å²) in [6.45, 7) is 18.7. The predicted octanol–water partition coefficient (Wildman–Crippen LogP) is 4.11. The maximum absolute atomic E-state index is 5.45. The lowest BCUT2D eigenvalue weighted by Gasteiger charge is -2.29. The van der Waals surface area contributed by atoms with E-state index in [1.54, 1.807) is 0 Å². The molecule has 1 aromatic carbocycles. The van der Waals surface area contributed by atoms with Crippen LogP contribution in [0.25, 0.3) is 0 Å². The van der Waals surface area contributed by atoms with Crippen LogP contribution in [0.3, 0.4) is 0 Å². The average molecular weight is 289 g/mol. The van der Waals surface area contributed by atoms with E-state index in [1.807, 2.05) is 0 Å². The lowest BCUT2D eigenvalue weighted by Crippen LogP contribution is -2.35. The standard InChI is InChI=1S/C19H31NO/c1-18(2,3)16-11-15(12-17(13-16)19(4,5)6)14-20-7-9-21-10-8-20/h11-13H,7-10,14H2,1-6H3. The van der Waals surface area contributed by atoms with Crippen LogP contribution in [0.4, 0.5) is 0 Å². The normalized spacial score (nSPS) is 18.0. The van der Waals surface area contributed by atoms with Gasteiger partial charge in [-0.15, -0.1) is 0 Å². The van der Waals surface area contributed by atoms with Crippen molar-refractivity contribution in [2.75, 3.05) is 26.3 Å². The van der Waals surface area contributed by atoms with Gasteiger partial charge in [0.25, 0.3) is 0 Å². The summed E-state index contributed by atoms with van der Waals surface area (Å²) >= 11 is 0. The van der Waals surface area contributed by atoms with Gasteiger partial charge in [0.05, 0.1) is 13.2 Å². The van der Waals surface area contributed by atoms with Crippen molar-refractivity contribution in [3.8, 4) is 0 Å². The smallest absolute Gasteiger partial charge is 0.0594 e. The quantitative estimate of drug-likeness (QED) is 0.812. The van der Waals surface area contributed by atoms with Crippen LogP contribution in [-0.4, -0.2) is 31.2 Å². The van der Waals surface area contributed by atoms with E-state index in [1.165, 1.54) is 16.7 Å². The van der Waals surface area contributed by atoms with E-state index in [4.69, 9.17) is 4.74 Å². The summed E-state index contributed by atoms with van der Waals surface area (Å²) in [4.78, 5) is 2.50. The molecule has 1 aliphatic rings. The van der Waals surface area contributed by atoms with Crippen molar-refractivity contribution < 1.29 is 4.74 Å². The van der Waals surface area contributed by atoms with Crippen LogP contribution >= 0.6 is 0 Å². The zero-order valence-corrected chi connectivity index (χ0v) is 14.6. The van der Waals surface area contributed by atoms with E-state index in [0.717, 1.165) is 32.8 Å². The minimum absolute atomic E-state index is 0.195. The van der Waals surface area contributed by atoms with Gasteiger partial charge in [-0.05, 0) is 27.5 Å². The Morgan fingerprint density at radius 1 is 0.857 bits per heavy atom. The highest BCUT2D eigenvalue weighted by Crippen LogP contribution is 2.30. The van der Waals surface area contributed by atoms with Crippen LogP contribution in [0.15, 0.2) is 18.2 Å². The van der Waals surface area contributed by atoms with Crippen LogP contribution in [-0.2, 0) is 22.1 Å². The lowest BCUT2D eigenvalue weighted by atomic mass is 9.79. The molecule has 1 saturated heterocycles. The first-order valence-corrected chi connectivity index (χ1v) is 8.11. The molecule has 118 valence electrons. The second-order valence-corrected chi connectivity index (χ2v) is 8.31. The second kappa shape index (κ2) is 6.10. The molecule has 0 saturated carbocycles. The fourth-order valence-electron chi connectivity index (χ4n) is 2.67. The van der Waals surface area contributed by atoms with Crippen molar-refractivity contribution in [3.63, 3.8) is 0 Å². The monoisotopic (exact) mass is 289 g/mol. The summed E-state index contributed by atoms with van der Waals surface area (Å²) in [5.41, 5.74) is 4.72. The van der Waals surface area contributed by atoms with Gasteiger partial charge in [-0.2, -0.15) is 0 Å². The first-order valence-electron chi connectivity index (χ1n) is 8.11. The highest BCUT2D eigenvalue weighted by Gasteiger charge is 2.21. The van der Waals surface area contributed by atoms with Crippen molar-refractivity contribution in [1.82, 2.24) is 4.90 Å². The SMILES string of the molecule is CC(C)(C)c1cc(CN2CCOCC2)cc(C(C)(C)C)c1. The molecule has 0 N–H and O–H groups in total. The fourth-order valence-corrected chi connectivity index (χ4v) is 2.67. The summed E-state index contributed by atoms with van der Waals surface area (Å²) in [6.07, 6.45) is 0. The van der Waals surface area contributed by atoms with Gasteiger partial charge in [-0.25, -0.2) is 0 Å². The van der Waals surface area contributed by atoms with Crippen molar-refractivity contribution >= 4 is 0 Å². The molecule has 1 heterocycles. The summed E-state index contributed by atoms with van der Waals surface area (Å²) in [5, 5.41) is 0. The molecule has 2 nitrogen and oxygen atoms in total. The van der Waals surface area contributed by atoms with E-state index in [2.05, 4.69) is 64.6 Å². The predicted molar refractivity (Wildman–Crippen MR) is 89.9 cm³/mol. The van der Waals surface area contributed by atoms with E-state index in [0.29, 0.717) is 0 Å². The number of benzene rings is 1. The molecule has 21 heavy (non-hydrogen) atoms. The van der Waals surface area contributed by atoms with Gasteiger partial charge in [0.1, 0.15) is 0 Å². The summed E-state index contributed by atoms with van der Waals surface area (Å²) in [7, 11) is 0. The molecule has 1 aromatic rings. The maximum atomic E-state index is 5.45. The Hall–Kier alpha value is -0.860. The highest BCUT2D eigenvalue weighted by molar-refractivity contribution is 5.37. The van der Waals surface area contributed by atoms with Crippen LogP contribution in [0, 0.1) is 0 Å². The molecule has 0 aliphatic carbocycles. The highest BCUT2D eigenvalue weighted by atomic mass is 16.5. The van der Waals surface area contributed by atoms with Crippen LogP contribution in [0.5, 0.6) is 0 Å². The molecule has 1 aliphatic heterocycles. The third kappa shape index (κ3) is 4.55. The molecule has 1 fully saturated rings. The first kappa shape index (κ1) is 16.5. The van der Waals surface area contributed by atoms with Gasteiger partial charge < -0.3 is 4.74 Å². The van der Waals surface area contributed by atoms with E-state index in [-0.39, 0.29) is 10.8 Å². The number of hydrogen-bond acceptors (Lipinski definition) is 2. The van der Waals surface area contributed by atoms with Gasteiger partial charge in [0.15, 0.2) is 0 Å². The zero-order chi connectivity index (χ0) is 15.7. The Balaban J connectivity index is 2.31. The summed E-state index contributed by atoms with van der Waals surface area (Å²) in [5.74, 6) is 0. The topological polar surface area (TPSA) is 12.5 Å². The Labute approximate surface area is 130 Å². The lowest BCUT2D eigenvalue weighted by molar-refractivity contribution is 0.0341. The molecule has 0 spiro atoms. The third-order valence-electron chi connectivity index (χ3n) is 4.23. The van der Waals surface area contributed by atoms with Gasteiger partial charge in [-0.3, -0.25) is 4.90 Å². The van der Waals surface area contributed by atoms with Crippen LogP contribution in [0.1, 0.15) is 58.2 Å². The number of rotatable bonds is 2.